The summed E-state index contributed by atoms with van der Waals surface area (Å²) in [5.41, 5.74) is 7.16. The zero-order valence-corrected chi connectivity index (χ0v) is 13.2. The number of hydrogen-bond acceptors (Lipinski definition) is 4. The molecule has 1 fully saturated rings. The van der Waals surface area contributed by atoms with Crippen LogP contribution < -0.4 is 11.1 Å². The Bertz CT molecular complexity index is 491. The lowest BCUT2D eigenvalue weighted by Crippen LogP contribution is -2.48. The Hall–Kier alpha value is -1.59. The molecule has 1 aromatic carbocycles. The summed E-state index contributed by atoms with van der Waals surface area (Å²) in [5, 5.41) is 2.96. The Kier molecular flexibility index (Phi) is 5.20. The third kappa shape index (κ3) is 4.19. The number of amides is 1. The molecule has 1 aliphatic rings. The molecule has 0 radical (unpaired) electrons. The van der Waals surface area contributed by atoms with Crippen molar-refractivity contribution >= 4 is 17.3 Å². The summed E-state index contributed by atoms with van der Waals surface area (Å²) in [4.78, 5) is 17.1. The van der Waals surface area contributed by atoms with Gasteiger partial charge in [-0.1, -0.05) is 6.07 Å². The summed E-state index contributed by atoms with van der Waals surface area (Å²) < 4.78 is 0. The maximum absolute atomic E-state index is 12.5. The van der Waals surface area contributed by atoms with E-state index in [0.29, 0.717) is 11.7 Å². The first-order valence-corrected chi connectivity index (χ1v) is 7.58. The van der Waals surface area contributed by atoms with Gasteiger partial charge in [-0.15, -0.1) is 0 Å². The van der Waals surface area contributed by atoms with E-state index in [1.807, 2.05) is 25.1 Å². The number of nitrogens with two attached hydrogens (primary N) is 1. The smallest absolute Gasteiger partial charge is 0.241 e. The molecule has 0 bridgehead atoms. The lowest BCUT2D eigenvalue weighted by Gasteiger charge is -2.32. The molecule has 21 heavy (non-hydrogen) atoms. The van der Waals surface area contributed by atoms with Gasteiger partial charge in [0.1, 0.15) is 0 Å². The summed E-state index contributed by atoms with van der Waals surface area (Å²) in [6.07, 6.45) is 1.09. The van der Waals surface area contributed by atoms with Crippen molar-refractivity contribution in [2.24, 2.45) is 0 Å². The molecule has 1 saturated heterocycles. The van der Waals surface area contributed by atoms with E-state index < -0.39 is 0 Å². The minimum atomic E-state index is -0.145. The van der Waals surface area contributed by atoms with E-state index in [4.69, 9.17) is 5.73 Å². The molecular weight excluding hydrogens is 264 g/mol. The van der Waals surface area contributed by atoms with Crippen LogP contribution in [0, 0.1) is 0 Å². The Labute approximate surface area is 127 Å². The molecule has 1 aliphatic heterocycles. The van der Waals surface area contributed by atoms with Crippen molar-refractivity contribution in [1.29, 1.82) is 0 Å². The fraction of sp³-hybridized carbons (Fsp3) is 0.562. The Balaban J connectivity index is 2.01. The number of rotatable bonds is 3. The van der Waals surface area contributed by atoms with E-state index in [9.17, 15) is 4.79 Å². The summed E-state index contributed by atoms with van der Waals surface area (Å²) in [6, 6.07) is 7.53. The minimum Gasteiger partial charge on any atom is -0.399 e. The Morgan fingerprint density at radius 1 is 1.43 bits per heavy atom. The molecule has 5 heteroatoms. The van der Waals surface area contributed by atoms with Gasteiger partial charge in [0.05, 0.1) is 6.04 Å². The first-order valence-electron chi connectivity index (χ1n) is 7.58. The molecule has 2 atom stereocenters. The molecule has 0 aliphatic carbocycles. The van der Waals surface area contributed by atoms with Crippen LogP contribution in [0.25, 0.3) is 0 Å². The Morgan fingerprint density at radius 2 is 2.19 bits per heavy atom. The van der Waals surface area contributed by atoms with Gasteiger partial charge in [0, 0.05) is 30.5 Å². The third-order valence-electron chi connectivity index (χ3n) is 4.13. The van der Waals surface area contributed by atoms with E-state index in [1.165, 1.54) is 0 Å². The van der Waals surface area contributed by atoms with Gasteiger partial charge < -0.3 is 16.0 Å². The molecule has 5 nitrogen and oxygen atoms in total. The van der Waals surface area contributed by atoms with Crippen molar-refractivity contribution in [2.45, 2.75) is 32.4 Å². The van der Waals surface area contributed by atoms with Gasteiger partial charge in [0.15, 0.2) is 0 Å². The van der Waals surface area contributed by atoms with Crippen molar-refractivity contribution in [3.05, 3.63) is 24.3 Å². The van der Waals surface area contributed by atoms with Crippen LogP contribution in [0.1, 0.15) is 20.3 Å². The van der Waals surface area contributed by atoms with Crippen LogP contribution in [0.3, 0.4) is 0 Å². The van der Waals surface area contributed by atoms with E-state index in [0.717, 1.165) is 31.7 Å². The second kappa shape index (κ2) is 6.91. The number of carbonyl (C=O) groups excluding carboxylic acids is 1. The lowest BCUT2D eigenvalue weighted by molar-refractivity contribution is -0.121. The quantitative estimate of drug-likeness (QED) is 0.831. The normalized spacial score (nSPS) is 22.5. The van der Waals surface area contributed by atoms with Gasteiger partial charge in [-0.2, -0.15) is 0 Å². The fourth-order valence-electron chi connectivity index (χ4n) is 2.98. The fourth-order valence-corrected chi connectivity index (χ4v) is 2.98. The first-order chi connectivity index (χ1) is 9.97. The van der Waals surface area contributed by atoms with Crippen LogP contribution in [-0.2, 0) is 4.79 Å². The number of benzene rings is 1. The van der Waals surface area contributed by atoms with Crippen molar-refractivity contribution in [3.63, 3.8) is 0 Å². The van der Waals surface area contributed by atoms with Gasteiger partial charge in [0.25, 0.3) is 0 Å². The van der Waals surface area contributed by atoms with Crippen molar-refractivity contribution in [3.8, 4) is 0 Å². The monoisotopic (exact) mass is 290 g/mol. The van der Waals surface area contributed by atoms with E-state index >= 15 is 0 Å². The maximum atomic E-state index is 12.5. The highest BCUT2D eigenvalue weighted by Crippen LogP contribution is 2.16. The van der Waals surface area contributed by atoms with Gasteiger partial charge >= 0.3 is 0 Å². The number of carbonyl (C=O) groups is 1. The zero-order valence-electron chi connectivity index (χ0n) is 13.2. The summed E-state index contributed by atoms with van der Waals surface area (Å²) in [5.74, 6) is 0.0250. The predicted molar refractivity (Wildman–Crippen MR) is 87.2 cm³/mol. The molecule has 1 aromatic rings. The highest BCUT2D eigenvalue weighted by Gasteiger charge is 2.28. The van der Waals surface area contributed by atoms with Crippen molar-refractivity contribution < 1.29 is 4.79 Å². The van der Waals surface area contributed by atoms with Crippen LogP contribution >= 0.6 is 0 Å². The maximum Gasteiger partial charge on any atom is 0.241 e. The number of nitrogens with one attached hydrogen (secondary N) is 1. The number of hydrogen-bond donors (Lipinski definition) is 2. The zero-order chi connectivity index (χ0) is 15.4. The van der Waals surface area contributed by atoms with Crippen LogP contribution in [0.2, 0.25) is 0 Å². The minimum absolute atomic E-state index is 0.0250. The van der Waals surface area contributed by atoms with E-state index in [-0.39, 0.29) is 11.9 Å². The number of nitrogens with zero attached hydrogens (tertiary/aromatic N) is 2. The van der Waals surface area contributed by atoms with Crippen LogP contribution in [0.4, 0.5) is 11.4 Å². The third-order valence-corrected chi connectivity index (χ3v) is 4.13. The molecule has 1 heterocycles. The topological polar surface area (TPSA) is 61.6 Å². The molecule has 0 saturated carbocycles. The van der Waals surface area contributed by atoms with Gasteiger partial charge in [0.2, 0.25) is 5.91 Å². The second-order valence-electron chi connectivity index (χ2n) is 5.99. The van der Waals surface area contributed by atoms with Crippen LogP contribution in [0.15, 0.2) is 24.3 Å². The lowest BCUT2D eigenvalue weighted by atomic mass is 10.1. The highest BCUT2D eigenvalue weighted by atomic mass is 16.2. The first kappa shape index (κ1) is 15.8. The SMILES string of the molecule is CC1CN(C)CCCN1C(C)C(=O)Nc1cccc(N)c1. The molecule has 1 amide bonds. The molecular formula is C16H26N4O. The van der Waals surface area contributed by atoms with E-state index in [2.05, 4.69) is 29.1 Å². The van der Waals surface area contributed by atoms with Crippen LogP contribution in [-0.4, -0.2) is 54.5 Å². The predicted octanol–water partition coefficient (Wildman–Crippen LogP) is 1.62. The molecule has 2 unspecified atom stereocenters. The standard InChI is InChI=1S/C16H26N4O/c1-12-11-19(3)8-5-9-20(12)13(2)16(21)18-15-7-4-6-14(17)10-15/h4,6-7,10,12-13H,5,8-9,11,17H2,1-3H3,(H,18,21). The number of anilines is 2. The Morgan fingerprint density at radius 3 is 2.90 bits per heavy atom. The highest BCUT2D eigenvalue weighted by molar-refractivity contribution is 5.94. The average Bonchev–Trinajstić information content (AvgIpc) is 2.58. The number of nitrogen functional groups attached to an aromatic ring is 1. The van der Waals surface area contributed by atoms with Gasteiger partial charge in [-0.25, -0.2) is 0 Å². The second-order valence-corrected chi connectivity index (χ2v) is 5.99. The molecule has 116 valence electrons. The van der Waals surface area contributed by atoms with Crippen LogP contribution in [0.5, 0.6) is 0 Å². The molecule has 3 N–H and O–H groups in total. The van der Waals surface area contributed by atoms with Gasteiger partial charge in [-0.05, 0) is 52.1 Å². The van der Waals surface area contributed by atoms with E-state index in [1.54, 1.807) is 6.07 Å². The summed E-state index contributed by atoms with van der Waals surface area (Å²) in [7, 11) is 2.14. The molecule has 0 spiro atoms. The van der Waals surface area contributed by atoms with Gasteiger partial charge in [-0.3, -0.25) is 9.69 Å². The van der Waals surface area contributed by atoms with Crippen molar-refractivity contribution in [1.82, 2.24) is 9.80 Å². The largest absolute Gasteiger partial charge is 0.399 e. The summed E-state index contributed by atoms with van der Waals surface area (Å²) in [6.45, 7) is 7.20. The molecule has 2 rings (SSSR count). The summed E-state index contributed by atoms with van der Waals surface area (Å²) >= 11 is 0. The average molecular weight is 290 g/mol. The van der Waals surface area contributed by atoms with Crippen molar-refractivity contribution in [2.75, 3.05) is 37.7 Å². The number of likely N-dealkylation sites (N-methyl/N-ethyl adjacent to an activating group) is 1. The molecule has 0 aromatic heterocycles.